The Hall–Kier alpha value is -0.710. The van der Waals surface area contributed by atoms with Crippen LogP contribution in [0.25, 0.3) is 0 Å². The normalized spacial score (nSPS) is 22.6. The molecule has 1 heterocycles. The van der Waals surface area contributed by atoms with Gasteiger partial charge in [0.2, 0.25) is 5.91 Å². The smallest absolute Gasteiger partial charge is 0.236 e. The van der Waals surface area contributed by atoms with Gasteiger partial charge in [-0.15, -0.1) is 11.8 Å². The molecule has 0 radical (unpaired) electrons. The minimum atomic E-state index is 0.0537. The Bertz CT molecular complexity index is 469. The van der Waals surface area contributed by atoms with Crippen molar-refractivity contribution in [3.8, 4) is 0 Å². The Labute approximate surface area is 130 Å². The number of amides is 1. The SMILES string of the molecule is CC[C@@H]1S[C@@H](c2ccccc2Cl)N(CCCNC)C1=O. The third kappa shape index (κ3) is 3.30. The number of hydrogen-bond acceptors (Lipinski definition) is 3. The number of hydrogen-bond donors (Lipinski definition) is 1. The molecule has 0 spiro atoms. The highest BCUT2D eigenvalue weighted by Gasteiger charge is 2.40. The maximum atomic E-state index is 12.5. The zero-order valence-corrected chi connectivity index (χ0v) is 13.5. The summed E-state index contributed by atoms with van der Waals surface area (Å²) in [6.07, 6.45) is 1.83. The van der Waals surface area contributed by atoms with E-state index in [-0.39, 0.29) is 16.5 Å². The molecule has 0 aliphatic carbocycles. The molecule has 110 valence electrons. The van der Waals surface area contributed by atoms with E-state index in [9.17, 15) is 4.79 Å². The summed E-state index contributed by atoms with van der Waals surface area (Å²) in [6, 6.07) is 7.83. The average Bonchev–Trinajstić information content (AvgIpc) is 2.77. The van der Waals surface area contributed by atoms with E-state index >= 15 is 0 Å². The molecule has 3 nitrogen and oxygen atoms in total. The molecule has 2 atom stereocenters. The molecule has 1 aliphatic heterocycles. The monoisotopic (exact) mass is 312 g/mol. The Morgan fingerprint density at radius 3 is 2.80 bits per heavy atom. The molecule has 1 N–H and O–H groups in total. The minimum absolute atomic E-state index is 0.0537. The predicted molar refractivity (Wildman–Crippen MR) is 86.1 cm³/mol. The molecule has 1 amide bonds. The van der Waals surface area contributed by atoms with E-state index in [0.717, 1.165) is 36.5 Å². The molecule has 0 aromatic heterocycles. The van der Waals surface area contributed by atoms with Crippen LogP contribution in [-0.4, -0.2) is 36.2 Å². The largest absolute Gasteiger partial charge is 0.325 e. The van der Waals surface area contributed by atoms with Gasteiger partial charge in [-0.2, -0.15) is 0 Å². The fourth-order valence-electron chi connectivity index (χ4n) is 2.43. The van der Waals surface area contributed by atoms with Crippen LogP contribution in [0.2, 0.25) is 5.02 Å². The van der Waals surface area contributed by atoms with Crippen molar-refractivity contribution in [2.75, 3.05) is 20.1 Å². The van der Waals surface area contributed by atoms with Crippen LogP contribution in [0.3, 0.4) is 0 Å². The quantitative estimate of drug-likeness (QED) is 0.818. The van der Waals surface area contributed by atoms with Gasteiger partial charge in [-0.25, -0.2) is 0 Å². The molecule has 20 heavy (non-hydrogen) atoms. The fraction of sp³-hybridized carbons (Fsp3) is 0.533. The highest BCUT2D eigenvalue weighted by Crippen LogP contribution is 2.45. The van der Waals surface area contributed by atoms with Crippen molar-refractivity contribution in [2.45, 2.75) is 30.4 Å². The van der Waals surface area contributed by atoms with Crippen LogP contribution in [0.15, 0.2) is 24.3 Å². The fourth-order valence-corrected chi connectivity index (χ4v) is 4.20. The summed E-state index contributed by atoms with van der Waals surface area (Å²) in [4.78, 5) is 14.5. The van der Waals surface area contributed by atoms with Crippen molar-refractivity contribution in [3.05, 3.63) is 34.9 Å². The minimum Gasteiger partial charge on any atom is -0.325 e. The Kier molecular flexibility index (Phi) is 5.75. The third-order valence-corrected chi connectivity index (χ3v) is 5.48. The molecule has 1 aromatic rings. The number of carbonyl (C=O) groups excluding carboxylic acids is 1. The summed E-state index contributed by atoms with van der Waals surface area (Å²) in [5, 5.41) is 3.99. The van der Waals surface area contributed by atoms with Gasteiger partial charge in [0.1, 0.15) is 5.37 Å². The van der Waals surface area contributed by atoms with Gasteiger partial charge in [-0.3, -0.25) is 4.79 Å². The lowest BCUT2D eigenvalue weighted by Crippen LogP contribution is -2.33. The number of nitrogens with zero attached hydrogens (tertiary/aromatic N) is 1. The molecule has 0 unspecified atom stereocenters. The number of rotatable bonds is 6. The van der Waals surface area contributed by atoms with E-state index in [0.29, 0.717) is 0 Å². The predicted octanol–water partition coefficient (Wildman–Crippen LogP) is 3.30. The summed E-state index contributed by atoms with van der Waals surface area (Å²) in [5.74, 6) is 0.249. The van der Waals surface area contributed by atoms with Crippen LogP contribution >= 0.6 is 23.4 Å². The second-order valence-corrected chi connectivity index (χ2v) is 6.59. The standard InChI is InChI=1S/C15H21ClN2OS/c1-3-13-14(19)18(10-6-9-17-2)15(20-13)11-7-4-5-8-12(11)16/h4-5,7-8,13,15,17H,3,6,9-10H2,1-2H3/t13-,15-/m0/s1. The highest BCUT2D eigenvalue weighted by molar-refractivity contribution is 8.01. The summed E-state index contributed by atoms with van der Waals surface area (Å²) >= 11 is 8.03. The van der Waals surface area contributed by atoms with Crippen molar-refractivity contribution in [2.24, 2.45) is 0 Å². The lowest BCUT2D eigenvalue weighted by Gasteiger charge is -2.24. The number of carbonyl (C=O) groups is 1. The van der Waals surface area contributed by atoms with Crippen LogP contribution < -0.4 is 5.32 Å². The lowest BCUT2D eigenvalue weighted by molar-refractivity contribution is -0.130. The van der Waals surface area contributed by atoms with E-state index in [2.05, 4.69) is 12.2 Å². The molecular weight excluding hydrogens is 292 g/mol. The van der Waals surface area contributed by atoms with E-state index in [1.54, 1.807) is 11.8 Å². The molecule has 1 saturated heterocycles. The van der Waals surface area contributed by atoms with E-state index in [1.165, 1.54) is 0 Å². The summed E-state index contributed by atoms with van der Waals surface area (Å²) in [7, 11) is 1.93. The van der Waals surface area contributed by atoms with Gasteiger partial charge >= 0.3 is 0 Å². The first-order valence-electron chi connectivity index (χ1n) is 7.04. The second-order valence-electron chi connectivity index (χ2n) is 4.90. The first-order chi connectivity index (χ1) is 9.69. The van der Waals surface area contributed by atoms with Crippen LogP contribution in [0, 0.1) is 0 Å². The summed E-state index contributed by atoms with van der Waals surface area (Å²) < 4.78 is 0. The molecular formula is C15H21ClN2OS. The maximum Gasteiger partial charge on any atom is 0.236 e. The van der Waals surface area contributed by atoms with Crippen molar-refractivity contribution < 1.29 is 4.79 Å². The molecule has 0 saturated carbocycles. The second kappa shape index (κ2) is 7.34. The molecule has 1 aliphatic rings. The number of benzene rings is 1. The van der Waals surface area contributed by atoms with Gasteiger partial charge in [0.25, 0.3) is 0 Å². The molecule has 5 heteroatoms. The first kappa shape index (κ1) is 15.7. The average molecular weight is 313 g/mol. The molecule has 2 rings (SSSR count). The third-order valence-electron chi connectivity index (χ3n) is 3.50. The zero-order chi connectivity index (χ0) is 14.5. The zero-order valence-electron chi connectivity index (χ0n) is 11.9. The van der Waals surface area contributed by atoms with Gasteiger partial charge < -0.3 is 10.2 Å². The molecule has 0 bridgehead atoms. The van der Waals surface area contributed by atoms with Gasteiger partial charge in [-0.05, 0) is 32.5 Å². The Balaban J connectivity index is 2.20. The number of nitrogens with one attached hydrogen (secondary N) is 1. The Morgan fingerprint density at radius 2 is 2.15 bits per heavy atom. The highest BCUT2D eigenvalue weighted by atomic mass is 35.5. The summed E-state index contributed by atoms with van der Waals surface area (Å²) in [5.41, 5.74) is 1.05. The van der Waals surface area contributed by atoms with Crippen molar-refractivity contribution in [1.82, 2.24) is 10.2 Å². The van der Waals surface area contributed by atoms with Gasteiger partial charge in [0.05, 0.1) is 5.25 Å². The van der Waals surface area contributed by atoms with Crippen molar-refractivity contribution >= 4 is 29.3 Å². The van der Waals surface area contributed by atoms with Crippen LogP contribution in [0.4, 0.5) is 0 Å². The van der Waals surface area contributed by atoms with Crippen LogP contribution in [0.5, 0.6) is 0 Å². The van der Waals surface area contributed by atoms with E-state index in [4.69, 9.17) is 11.6 Å². The molecule has 1 aromatic carbocycles. The maximum absolute atomic E-state index is 12.5. The lowest BCUT2D eigenvalue weighted by atomic mass is 10.2. The van der Waals surface area contributed by atoms with E-state index in [1.807, 2.05) is 36.2 Å². The van der Waals surface area contributed by atoms with Crippen LogP contribution in [-0.2, 0) is 4.79 Å². The van der Waals surface area contributed by atoms with Gasteiger partial charge in [-0.1, -0.05) is 36.7 Å². The topological polar surface area (TPSA) is 32.3 Å². The Morgan fingerprint density at radius 1 is 1.40 bits per heavy atom. The van der Waals surface area contributed by atoms with E-state index < -0.39 is 0 Å². The van der Waals surface area contributed by atoms with Crippen molar-refractivity contribution in [3.63, 3.8) is 0 Å². The number of halogens is 1. The first-order valence-corrected chi connectivity index (χ1v) is 8.36. The van der Waals surface area contributed by atoms with Gasteiger partial charge in [0, 0.05) is 17.1 Å². The molecule has 1 fully saturated rings. The van der Waals surface area contributed by atoms with Crippen LogP contribution in [0.1, 0.15) is 30.7 Å². The van der Waals surface area contributed by atoms with Crippen molar-refractivity contribution in [1.29, 1.82) is 0 Å². The number of thioether (sulfide) groups is 1. The summed E-state index contributed by atoms with van der Waals surface area (Å²) in [6.45, 7) is 3.76. The van der Waals surface area contributed by atoms with Gasteiger partial charge in [0.15, 0.2) is 0 Å².